The number of nitrogen functional groups attached to an aromatic ring is 1. The summed E-state index contributed by atoms with van der Waals surface area (Å²) in [5, 5.41) is 0. The molecule has 1 nitrogen and oxygen atoms in total. The summed E-state index contributed by atoms with van der Waals surface area (Å²) in [6, 6.07) is 6.94. The summed E-state index contributed by atoms with van der Waals surface area (Å²) in [6.07, 6.45) is -2.27. The van der Waals surface area contributed by atoms with Gasteiger partial charge in [-0.2, -0.15) is 0 Å². The highest BCUT2D eigenvalue weighted by atomic mass is 32.2. The Hall–Kier alpha value is -0.770. The van der Waals surface area contributed by atoms with Crippen LogP contribution in [-0.4, -0.2) is 12.2 Å². The van der Waals surface area contributed by atoms with E-state index in [1.165, 1.54) is 0 Å². The summed E-state index contributed by atoms with van der Waals surface area (Å²) in [7, 11) is 0. The van der Waals surface area contributed by atoms with Gasteiger partial charge in [0.2, 0.25) is 6.43 Å². The van der Waals surface area contributed by atoms with Gasteiger partial charge in [-0.3, -0.25) is 0 Å². The van der Waals surface area contributed by atoms with Crippen LogP contribution in [0.15, 0.2) is 29.2 Å². The lowest BCUT2D eigenvalue weighted by molar-refractivity contribution is 0.177. The van der Waals surface area contributed by atoms with E-state index in [2.05, 4.69) is 0 Å². The molecule has 0 aliphatic carbocycles. The molecule has 0 radical (unpaired) electrons. The highest BCUT2D eigenvalue weighted by molar-refractivity contribution is 7.99. The first-order chi connectivity index (χ1) is 5.68. The molecule has 66 valence electrons. The number of halogens is 2. The molecule has 0 aliphatic rings. The van der Waals surface area contributed by atoms with Gasteiger partial charge in [0.25, 0.3) is 0 Å². The van der Waals surface area contributed by atoms with Crippen molar-refractivity contribution >= 4 is 17.4 Å². The molecule has 0 atom stereocenters. The number of benzene rings is 1. The number of nitrogens with two attached hydrogens (primary N) is 1. The number of hydrogen-bond donors (Lipinski definition) is 1. The SMILES string of the molecule is Nc1cccc(SCC(F)F)c1. The van der Waals surface area contributed by atoms with Crippen molar-refractivity contribution in [2.45, 2.75) is 11.3 Å². The molecule has 1 aromatic carbocycles. The van der Waals surface area contributed by atoms with Crippen molar-refractivity contribution in [1.82, 2.24) is 0 Å². The van der Waals surface area contributed by atoms with Gasteiger partial charge in [-0.1, -0.05) is 6.07 Å². The standard InChI is InChI=1S/C8H9F2NS/c9-8(10)5-12-7-3-1-2-6(11)4-7/h1-4,8H,5,11H2. The largest absolute Gasteiger partial charge is 0.399 e. The van der Waals surface area contributed by atoms with E-state index in [9.17, 15) is 8.78 Å². The molecule has 0 fully saturated rings. The van der Waals surface area contributed by atoms with Crippen LogP contribution in [0.5, 0.6) is 0 Å². The van der Waals surface area contributed by atoms with Gasteiger partial charge in [0.1, 0.15) is 0 Å². The highest BCUT2D eigenvalue weighted by Gasteiger charge is 2.02. The van der Waals surface area contributed by atoms with Crippen LogP contribution in [0, 0.1) is 0 Å². The predicted molar refractivity (Wildman–Crippen MR) is 47.6 cm³/mol. The van der Waals surface area contributed by atoms with Gasteiger partial charge < -0.3 is 5.73 Å². The minimum Gasteiger partial charge on any atom is -0.399 e. The third-order valence-electron chi connectivity index (χ3n) is 1.23. The van der Waals surface area contributed by atoms with Gasteiger partial charge in [-0.05, 0) is 18.2 Å². The zero-order chi connectivity index (χ0) is 8.97. The molecular weight excluding hydrogens is 180 g/mol. The zero-order valence-electron chi connectivity index (χ0n) is 6.34. The molecule has 12 heavy (non-hydrogen) atoms. The molecule has 4 heteroatoms. The van der Waals surface area contributed by atoms with Gasteiger partial charge in [0.15, 0.2) is 0 Å². The Morgan fingerprint density at radius 1 is 1.42 bits per heavy atom. The van der Waals surface area contributed by atoms with Crippen molar-refractivity contribution in [2.24, 2.45) is 0 Å². The first-order valence-corrected chi connectivity index (χ1v) is 4.43. The second-order valence-electron chi connectivity index (χ2n) is 2.27. The van der Waals surface area contributed by atoms with Crippen LogP contribution < -0.4 is 5.73 Å². The molecule has 1 rings (SSSR count). The average molecular weight is 189 g/mol. The lowest BCUT2D eigenvalue weighted by Gasteiger charge is -2.00. The molecule has 0 unspecified atom stereocenters. The fourth-order valence-corrected chi connectivity index (χ4v) is 1.48. The van der Waals surface area contributed by atoms with Gasteiger partial charge in [-0.15, -0.1) is 11.8 Å². The zero-order valence-corrected chi connectivity index (χ0v) is 7.15. The van der Waals surface area contributed by atoms with Crippen molar-refractivity contribution in [3.8, 4) is 0 Å². The fourth-order valence-electron chi connectivity index (χ4n) is 0.764. The van der Waals surface area contributed by atoms with Gasteiger partial charge in [-0.25, -0.2) is 8.78 Å². The van der Waals surface area contributed by atoms with Crippen LogP contribution in [0.3, 0.4) is 0 Å². The monoisotopic (exact) mass is 189 g/mol. The maximum Gasteiger partial charge on any atom is 0.247 e. The highest BCUT2D eigenvalue weighted by Crippen LogP contribution is 2.21. The lowest BCUT2D eigenvalue weighted by Crippen LogP contribution is -1.93. The number of hydrogen-bond acceptors (Lipinski definition) is 2. The van der Waals surface area contributed by atoms with E-state index in [-0.39, 0.29) is 5.75 Å². The Morgan fingerprint density at radius 3 is 2.75 bits per heavy atom. The van der Waals surface area contributed by atoms with Crippen molar-refractivity contribution < 1.29 is 8.78 Å². The van der Waals surface area contributed by atoms with Crippen molar-refractivity contribution in [1.29, 1.82) is 0 Å². The first kappa shape index (κ1) is 9.32. The van der Waals surface area contributed by atoms with Gasteiger partial charge in [0, 0.05) is 10.6 Å². The summed E-state index contributed by atoms with van der Waals surface area (Å²) < 4.78 is 23.5. The molecule has 0 heterocycles. The Balaban J connectivity index is 2.52. The molecule has 0 aromatic heterocycles. The third-order valence-corrected chi connectivity index (χ3v) is 2.24. The normalized spacial score (nSPS) is 10.6. The summed E-state index contributed by atoms with van der Waals surface area (Å²) in [5.74, 6) is -0.177. The molecule has 2 N–H and O–H groups in total. The molecule has 0 amide bonds. The summed E-state index contributed by atoms with van der Waals surface area (Å²) in [5.41, 5.74) is 6.07. The summed E-state index contributed by atoms with van der Waals surface area (Å²) >= 11 is 1.11. The minimum absolute atomic E-state index is 0.177. The molecule has 0 saturated heterocycles. The maximum atomic E-state index is 11.8. The Morgan fingerprint density at radius 2 is 2.17 bits per heavy atom. The quantitative estimate of drug-likeness (QED) is 0.584. The lowest BCUT2D eigenvalue weighted by atomic mass is 10.3. The van der Waals surface area contributed by atoms with Crippen LogP contribution in [0.25, 0.3) is 0 Å². The van der Waals surface area contributed by atoms with E-state index >= 15 is 0 Å². The predicted octanol–water partition coefficient (Wildman–Crippen LogP) is 2.63. The van der Waals surface area contributed by atoms with Crippen LogP contribution in [0.1, 0.15) is 0 Å². The van der Waals surface area contributed by atoms with E-state index in [1.807, 2.05) is 0 Å². The number of anilines is 1. The smallest absolute Gasteiger partial charge is 0.247 e. The Kier molecular flexibility index (Phi) is 3.34. The Bertz CT molecular complexity index is 253. The fraction of sp³-hybridized carbons (Fsp3) is 0.250. The summed E-state index contributed by atoms with van der Waals surface area (Å²) in [6.45, 7) is 0. The van der Waals surface area contributed by atoms with E-state index in [1.54, 1.807) is 24.3 Å². The van der Waals surface area contributed by atoms with E-state index in [0.29, 0.717) is 5.69 Å². The van der Waals surface area contributed by atoms with Crippen LogP contribution in [0.4, 0.5) is 14.5 Å². The number of thioether (sulfide) groups is 1. The number of alkyl halides is 2. The van der Waals surface area contributed by atoms with Crippen LogP contribution in [-0.2, 0) is 0 Å². The van der Waals surface area contributed by atoms with E-state index in [0.717, 1.165) is 16.7 Å². The molecule has 0 saturated carbocycles. The maximum absolute atomic E-state index is 11.8. The molecule has 0 spiro atoms. The third kappa shape index (κ3) is 3.09. The molecule has 0 bridgehead atoms. The topological polar surface area (TPSA) is 26.0 Å². The first-order valence-electron chi connectivity index (χ1n) is 3.45. The molecule has 0 aliphatic heterocycles. The molecular formula is C8H9F2NS. The second kappa shape index (κ2) is 4.30. The van der Waals surface area contributed by atoms with Gasteiger partial charge in [0.05, 0.1) is 5.75 Å². The number of rotatable bonds is 3. The molecule has 1 aromatic rings. The van der Waals surface area contributed by atoms with Crippen LogP contribution in [0.2, 0.25) is 0 Å². The van der Waals surface area contributed by atoms with E-state index in [4.69, 9.17) is 5.73 Å². The van der Waals surface area contributed by atoms with E-state index < -0.39 is 6.43 Å². The van der Waals surface area contributed by atoms with Crippen molar-refractivity contribution in [3.05, 3.63) is 24.3 Å². The average Bonchev–Trinajstić information content (AvgIpc) is 2.01. The Labute approximate surface area is 74.0 Å². The summed E-state index contributed by atoms with van der Waals surface area (Å²) in [4.78, 5) is 0.787. The van der Waals surface area contributed by atoms with Crippen molar-refractivity contribution in [2.75, 3.05) is 11.5 Å². The second-order valence-corrected chi connectivity index (χ2v) is 3.37. The van der Waals surface area contributed by atoms with Crippen molar-refractivity contribution in [3.63, 3.8) is 0 Å². The van der Waals surface area contributed by atoms with Crippen LogP contribution >= 0.6 is 11.8 Å². The van der Waals surface area contributed by atoms with Gasteiger partial charge >= 0.3 is 0 Å². The minimum atomic E-state index is -2.27.